The summed E-state index contributed by atoms with van der Waals surface area (Å²) in [6.45, 7) is 9.09. The standard InChI is InChI=1S/C9H9N3.C9H8N3.C8H9NO2.C3H6O.Ir.H4N2.H2O/c2*1-7-6-9(12-11-7)8-4-2-3-5-10-8;1-2-11-8(10)7-5-3-4-6-9-7;1-3(2)4;;1-2;/h2-6H,1H3,(H,11,12);2-6H,1H3;3-6H,2H2,1H3;1-2H3;;1-2H2;1H2/q;-1;;;;;. The number of carbonyl (C=O) groups is 2. The fourth-order valence-electron chi connectivity index (χ4n) is 2.78. The number of nitrogens with one attached hydrogen (secondary N) is 1. The van der Waals surface area contributed by atoms with Gasteiger partial charge in [0.25, 0.3) is 0 Å². The number of hydrazine groups is 1. The van der Waals surface area contributed by atoms with Crippen molar-refractivity contribution in [3.05, 3.63) is 102 Å². The summed E-state index contributed by atoms with van der Waals surface area (Å²) in [6.07, 6.45) is 5.07. The minimum atomic E-state index is -0.367. The van der Waals surface area contributed by atoms with Crippen LogP contribution in [-0.4, -0.2) is 54.1 Å². The summed E-state index contributed by atoms with van der Waals surface area (Å²) in [5.41, 5.74) is 5.85. The summed E-state index contributed by atoms with van der Waals surface area (Å²) in [6, 6.07) is 20.5. The molecular weight excluding hydrogens is 731 g/mol. The first-order chi connectivity index (χ1) is 19.8. The number of ether oxygens (including phenoxy) is 1. The van der Waals surface area contributed by atoms with Crippen molar-refractivity contribution < 1.29 is 39.9 Å². The maximum Gasteiger partial charge on any atom is 0.356 e. The second-order valence-electron chi connectivity index (χ2n) is 8.08. The summed E-state index contributed by atoms with van der Waals surface area (Å²) in [5.74, 6) is 7.80. The van der Waals surface area contributed by atoms with Crippen LogP contribution in [0.15, 0.2) is 85.3 Å². The molecule has 0 amide bonds. The molecular formula is C29H38IrN9O4-. The van der Waals surface area contributed by atoms with Crippen molar-refractivity contribution in [3.8, 4) is 22.8 Å². The Bertz CT molecular complexity index is 1320. The number of nitrogens with zero attached hydrogens (tertiary/aromatic N) is 6. The van der Waals surface area contributed by atoms with Crippen LogP contribution in [0.4, 0.5) is 0 Å². The van der Waals surface area contributed by atoms with E-state index >= 15 is 0 Å². The average molecular weight is 769 g/mol. The number of H-pyrrole nitrogens is 1. The van der Waals surface area contributed by atoms with E-state index in [1.165, 1.54) is 13.8 Å². The molecule has 1 radical (unpaired) electrons. The van der Waals surface area contributed by atoms with Crippen LogP contribution in [0.25, 0.3) is 22.8 Å². The third-order valence-corrected chi connectivity index (χ3v) is 4.37. The Morgan fingerprint density at radius 3 is 1.77 bits per heavy atom. The van der Waals surface area contributed by atoms with Crippen molar-refractivity contribution in [2.24, 2.45) is 11.7 Å². The number of pyridine rings is 3. The predicted molar refractivity (Wildman–Crippen MR) is 161 cm³/mol. The van der Waals surface area contributed by atoms with Crippen molar-refractivity contribution >= 4 is 11.8 Å². The van der Waals surface area contributed by atoms with E-state index in [1.54, 1.807) is 43.7 Å². The number of rotatable bonds is 4. The third kappa shape index (κ3) is 17.2. The van der Waals surface area contributed by atoms with Gasteiger partial charge in [-0.1, -0.05) is 30.0 Å². The molecule has 43 heavy (non-hydrogen) atoms. The van der Waals surface area contributed by atoms with Crippen LogP contribution in [0.3, 0.4) is 0 Å². The van der Waals surface area contributed by atoms with Crippen LogP contribution >= 0.6 is 0 Å². The van der Waals surface area contributed by atoms with Crippen molar-refractivity contribution in [1.82, 2.24) is 35.3 Å². The van der Waals surface area contributed by atoms with Crippen molar-refractivity contribution in [1.29, 1.82) is 0 Å². The zero-order valence-corrected chi connectivity index (χ0v) is 27.1. The normalized spacial score (nSPS) is 8.72. The van der Waals surface area contributed by atoms with Gasteiger partial charge in [0.1, 0.15) is 17.2 Å². The molecule has 0 saturated heterocycles. The largest absolute Gasteiger partial charge is 0.574 e. The molecule has 5 heterocycles. The monoisotopic (exact) mass is 769 g/mol. The summed E-state index contributed by atoms with van der Waals surface area (Å²) < 4.78 is 4.73. The number of aromatic nitrogens is 7. The topological polar surface area (TPSA) is 221 Å². The number of aryl methyl sites for hydroxylation is 2. The molecule has 0 spiro atoms. The molecule has 0 bridgehead atoms. The molecule has 0 aromatic carbocycles. The van der Waals surface area contributed by atoms with Crippen molar-refractivity contribution in [3.63, 3.8) is 0 Å². The molecule has 0 fully saturated rings. The Balaban J connectivity index is 0. The first kappa shape index (κ1) is 40.7. The molecule has 0 aliphatic carbocycles. The molecule has 7 N–H and O–H groups in total. The number of hydrogen-bond acceptors (Lipinski definition) is 10. The first-order valence-corrected chi connectivity index (χ1v) is 12.5. The molecule has 13 nitrogen and oxygen atoms in total. The molecule has 5 aromatic heterocycles. The Hall–Kier alpha value is -4.46. The van der Waals surface area contributed by atoms with Gasteiger partial charge in [0.15, 0.2) is 0 Å². The van der Waals surface area contributed by atoms with Gasteiger partial charge >= 0.3 is 5.97 Å². The number of carbonyl (C=O) groups excluding carboxylic acids is 2. The predicted octanol–water partition coefficient (Wildman–Crippen LogP) is 3.03. The Morgan fingerprint density at radius 1 is 0.837 bits per heavy atom. The van der Waals surface area contributed by atoms with E-state index in [1.807, 2.05) is 62.4 Å². The first-order valence-electron chi connectivity index (χ1n) is 12.5. The fraction of sp³-hybridized carbons (Fsp3) is 0.207. The van der Waals surface area contributed by atoms with E-state index < -0.39 is 0 Å². The Kier molecular flexibility index (Phi) is 22.9. The average Bonchev–Trinajstić information content (AvgIpc) is 3.64. The van der Waals surface area contributed by atoms with E-state index in [-0.39, 0.29) is 37.3 Å². The number of ketones is 1. The summed E-state index contributed by atoms with van der Waals surface area (Å²) >= 11 is 0. The van der Waals surface area contributed by atoms with Crippen LogP contribution in [0.5, 0.6) is 0 Å². The van der Waals surface area contributed by atoms with Gasteiger partial charge in [-0.25, -0.2) is 9.78 Å². The molecule has 233 valence electrons. The molecule has 0 atom stereocenters. The van der Waals surface area contributed by atoms with Crippen LogP contribution in [0.1, 0.15) is 42.6 Å². The number of Topliss-reactive ketones (excluding diaryl/α,β-unsaturated/α-hetero) is 1. The molecule has 5 rings (SSSR count). The van der Waals surface area contributed by atoms with E-state index in [0.29, 0.717) is 12.3 Å². The van der Waals surface area contributed by atoms with Gasteiger partial charge in [-0.05, 0) is 77.1 Å². The molecule has 14 heteroatoms. The van der Waals surface area contributed by atoms with Gasteiger partial charge in [0.05, 0.1) is 12.3 Å². The van der Waals surface area contributed by atoms with E-state index in [4.69, 9.17) is 4.74 Å². The smallest absolute Gasteiger partial charge is 0.356 e. The Morgan fingerprint density at radius 2 is 1.37 bits per heavy atom. The van der Waals surface area contributed by atoms with E-state index in [9.17, 15) is 9.59 Å². The van der Waals surface area contributed by atoms with Gasteiger partial charge in [0.2, 0.25) is 0 Å². The van der Waals surface area contributed by atoms with Gasteiger partial charge in [0, 0.05) is 55.8 Å². The summed E-state index contributed by atoms with van der Waals surface area (Å²) in [7, 11) is 0. The SMILES string of the molecule is CC(C)=O.CCOC(=O)c1ccccn1.Cc1cc(-c2ccccn2)[n-]n1.Cc1cc(-c2ccccn2)n[nH]1.NN.O.[Ir]. The second-order valence-corrected chi connectivity index (χ2v) is 8.08. The molecule has 0 aliphatic rings. The quantitative estimate of drug-likeness (QED) is 0.137. The summed E-state index contributed by atoms with van der Waals surface area (Å²) in [4.78, 5) is 32.6. The van der Waals surface area contributed by atoms with Crippen molar-refractivity contribution in [2.75, 3.05) is 6.61 Å². The number of aromatic amines is 1. The van der Waals surface area contributed by atoms with Crippen LogP contribution in [0, 0.1) is 13.8 Å². The maximum absolute atomic E-state index is 11.0. The van der Waals surface area contributed by atoms with Gasteiger partial charge in [-0.15, -0.1) is 0 Å². The van der Waals surface area contributed by atoms with Crippen molar-refractivity contribution in [2.45, 2.75) is 34.6 Å². The van der Waals surface area contributed by atoms with Crippen LogP contribution in [-0.2, 0) is 29.6 Å². The minimum absolute atomic E-state index is 0. The number of hydrogen-bond donors (Lipinski definition) is 3. The zero-order valence-electron chi connectivity index (χ0n) is 24.7. The molecule has 0 saturated carbocycles. The van der Waals surface area contributed by atoms with Gasteiger partial charge in [-0.2, -0.15) is 5.10 Å². The summed E-state index contributed by atoms with van der Waals surface area (Å²) in [5, 5.41) is 14.9. The molecule has 0 unspecified atom stereocenters. The fourth-order valence-corrected chi connectivity index (χ4v) is 2.78. The Labute approximate surface area is 264 Å². The number of nitrogens with two attached hydrogens (primary N) is 2. The van der Waals surface area contributed by atoms with E-state index in [0.717, 1.165) is 34.2 Å². The minimum Gasteiger partial charge on any atom is -0.574 e. The third-order valence-electron chi connectivity index (χ3n) is 4.37. The van der Waals surface area contributed by atoms with Gasteiger partial charge < -0.3 is 25.2 Å². The molecule has 0 aliphatic heterocycles. The van der Waals surface area contributed by atoms with Gasteiger partial charge in [-0.3, -0.25) is 26.8 Å². The van der Waals surface area contributed by atoms with Crippen LogP contribution < -0.4 is 16.8 Å². The zero-order chi connectivity index (χ0) is 30.5. The maximum atomic E-state index is 11.0. The van der Waals surface area contributed by atoms with Crippen LogP contribution in [0.2, 0.25) is 0 Å². The molecule has 5 aromatic rings. The number of esters is 1. The van der Waals surface area contributed by atoms with E-state index in [2.05, 4.69) is 47.0 Å². The second kappa shape index (κ2) is 24.2.